The highest BCUT2D eigenvalue weighted by atomic mass is 35.6. The van der Waals surface area contributed by atoms with Crippen LogP contribution in [0.15, 0.2) is 152 Å². The zero-order valence-electron chi connectivity index (χ0n) is 35.3. The second-order valence-electron chi connectivity index (χ2n) is 15.4. The fraction of sp³-hybridized carbons (Fsp3) is 0.286. The Morgan fingerprint density at radius 2 is 0.910 bits per heavy atom. The van der Waals surface area contributed by atoms with E-state index >= 15 is 0 Å². The SMILES string of the molecule is C[C@@H]1O[C@@H](O[C@H]2[C@@H]3O[C@H](c4ccccc4)OC[C@H]3OC(OC(=N)C(Cl)(Cl)Cl)[C@@H]2OC(=O)c2ccccc2)[C@H](OC(=O)c2ccccc2)[C@H](OC(=O)c2ccccc2)[C@H]1OC(=O)c1ccccc1. The molecule has 3 aliphatic rings. The van der Waals surface area contributed by atoms with Gasteiger partial charge in [-0.1, -0.05) is 138 Å². The molecule has 3 heterocycles. The summed E-state index contributed by atoms with van der Waals surface area (Å²) < 4.78 is 60.5. The maximum atomic E-state index is 14.2. The minimum Gasteiger partial charge on any atom is -0.452 e. The van der Waals surface area contributed by atoms with Crippen LogP contribution in [0, 0.1) is 5.41 Å². The summed E-state index contributed by atoms with van der Waals surface area (Å²) in [4.78, 5) is 56.0. The molecule has 3 fully saturated rings. The van der Waals surface area contributed by atoms with Crippen LogP contribution in [0.1, 0.15) is 60.2 Å². The second kappa shape index (κ2) is 21.4. The lowest BCUT2D eigenvalue weighted by atomic mass is 9.95. The van der Waals surface area contributed by atoms with Crippen LogP contribution in [0.2, 0.25) is 0 Å². The van der Waals surface area contributed by atoms with E-state index < -0.39 is 101 Å². The zero-order valence-corrected chi connectivity index (χ0v) is 37.6. The summed E-state index contributed by atoms with van der Waals surface area (Å²) in [5.41, 5.74) is 1.12. The molecule has 1 unspecified atom stereocenters. The smallest absolute Gasteiger partial charge is 0.338 e. The highest BCUT2D eigenvalue weighted by molar-refractivity contribution is 6.76. The maximum Gasteiger partial charge on any atom is 0.338 e. The number of fused-ring (bicyclic) bond motifs is 1. The number of benzene rings is 5. The Morgan fingerprint density at radius 3 is 1.36 bits per heavy atom. The fourth-order valence-electron chi connectivity index (χ4n) is 7.61. The van der Waals surface area contributed by atoms with Crippen molar-refractivity contribution in [1.29, 1.82) is 5.41 Å². The van der Waals surface area contributed by atoms with Crippen molar-refractivity contribution in [3.05, 3.63) is 179 Å². The molecule has 0 radical (unpaired) electrons. The number of carbonyl (C=O) groups is 4. The van der Waals surface area contributed by atoms with E-state index in [0.29, 0.717) is 5.56 Å². The molecule has 67 heavy (non-hydrogen) atoms. The molecular weight excluding hydrogens is 933 g/mol. The van der Waals surface area contributed by atoms with E-state index in [1.54, 1.807) is 104 Å². The molecule has 3 saturated heterocycles. The van der Waals surface area contributed by atoms with E-state index in [1.807, 2.05) is 6.07 Å². The van der Waals surface area contributed by atoms with Crippen LogP contribution < -0.4 is 0 Å². The molecule has 0 aromatic heterocycles. The summed E-state index contributed by atoms with van der Waals surface area (Å²) in [6.07, 6.45) is -15.9. The molecule has 3 aliphatic heterocycles. The van der Waals surface area contributed by atoms with Crippen LogP contribution in [0.5, 0.6) is 0 Å². The van der Waals surface area contributed by atoms with Crippen molar-refractivity contribution in [3.8, 4) is 0 Å². The van der Waals surface area contributed by atoms with Crippen LogP contribution in [0.3, 0.4) is 0 Å². The van der Waals surface area contributed by atoms with Gasteiger partial charge in [-0.15, -0.1) is 0 Å². The van der Waals surface area contributed by atoms with Gasteiger partial charge in [0.15, 0.2) is 37.0 Å². The largest absolute Gasteiger partial charge is 0.452 e. The van der Waals surface area contributed by atoms with E-state index in [2.05, 4.69) is 0 Å². The van der Waals surface area contributed by atoms with Gasteiger partial charge in [0.25, 0.3) is 3.79 Å². The Bertz CT molecular complexity index is 2490. The minimum atomic E-state index is -2.40. The summed E-state index contributed by atoms with van der Waals surface area (Å²) in [5.74, 6) is -4.33. The number of alkyl halides is 3. The topological polar surface area (TPSA) is 184 Å². The van der Waals surface area contributed by atoms with E-state index in [-0.39, 0.29) is 28.9 Å². The monoisotopic (exact) mass is 973 g/mol. The molecule has 0 aliphatic carbocycles. The normalized spacial score (nSPS) is 27.0. The molecule has 11 atom stereocenters. The van der Waals surface area contributed by atoms with Gasteiger partial charge in [-0.3, -0.25) is 5.41 Å². The number of rotatable bonds is 12. The van der Waals surface area contributed by atoms with E-state index in [9.17, 15) is 19.2 Å². The lowest BCUT2D eigenvalue weighted by molar-refractivity contribution is -0.383. The molecule has 0 saturated carbocycles. The van der Waals surface area contributed by atoms with E-state index in [0.717, 1.165) is 0 Å². The van der Waals surface area contributed by atoms with Crippen LogP contribution in [-0.4, -0.2) is 102 Å². The molecule has 0 amide bonds. The Hall–Kier alpha value is -5.88. The number of nitrogens with one attached hydrogen (secondary N) is 1. The van der Waals surface area contributed by atoms with Gasteiger partial charge in [0, 0.05) is 5.56 Å². The van der Waals surface area contributed by atoms with Crippen molar-refractivity contribution in [3.63, 3.8) is 0 Å². The minimum absolute atomic E-state index is 0.101. The predicted octanol–water partition coefficient (Wildman–Crippen LogP) is 8.22. The Balaban J connectivity index is 1.23. The molecule has 15 nitrogen and oxygen atoms in total. The molecule has 0 spiro atoms. The van der Waals surface area contributed by atoms with Crippen LogP contribution in [0.4, 0.5) is 0 Å². The van der Waals surface area contributed by atoms with Gasteiger partial charge in [0.2, 0.25) is 12.2 Å². The number of halogens is 3. The zero-order chi connectivity index (χ0) is 47.1. The molecule has 0 bridgehead atoms. The highest BCUT2D eigenvalue weighted by Gasteiger charge is 2.59. The third kappa shape index (κ3) is 11.5. The summed E-state index contributed by atoms with van der Waals surface area (Å²) in [7, 11) is 0. The van der Waals surface area contributed by atoms with Crippen molar-refractivity contribution in [2.45, 2.75) is 78.4 Å². The van der Waals surface area contributed by atoms with Crippen molar-refractivity contribution in [2.75, 3.05) is 6.61 Å². The third-order valence-electron chi connectivity index (χ3n) is 10.9. The number of hydrogen-bond acceptors (Lipinski definition) is 15. The summed E-state index contributed by atoms with van der Waals surface area (Å²) in [6.45, 7) is 1.38. The lowest BCUT2D eigenvalue weighted by Crippen LogP contribution is -2.67. The van der Waals surface area contributed by atoms with Gasteiger partial charge in [-0.05, 0) is 55.5 Å². The van der Waals surface area contributed by atoms with Crippen LogP contribution in [0.25, 0.3) is 0 Å². The molecular formula is C49H42Cl3NO14. The fourth-order valence-corrected chi connectivity index (χ4v) is 7.74. The van der Waals surface area contributed by atoms with Crippen LogP contribution >= 0.6 is 34.8 Å². The van der Waals surface area contributed by atoms with Crippen molar-refractivity contribution in [2.24, 2.45) is 0 Å². The molecule has 8 rings (SSSR count). The van der Waals surface area contributed by atoms with Gasteiger partial charge in [0.1, 0.15) is 18.3 Å². The number of carbonyl (C=O) groups excluding carboxylic acids is 4. The average molecular weight is 975 g/mol. The van der Waals surface area contributed by atoms with E-state index in [1.165, 1.54) is 48.5 Å². The summed E-state index contributed by atoms with van der Waals surface area (Å²) >= 11 is 18.3. The van der Waals surface area contributed by atoms with Gasteiger partial charge in [-0.2, -0.15) is 0 Å². The maximum absolute atomic E-state index is 14.2. The first-order valence-corrected chi connectivity index (χ1v) is 22.1. The first-order chi connectivity index (χ1) is 32.3. The number of ether oxygens (including phenoxy) is 10. The first kappa shape index (κ1) is 47.6. The average Bonchev–Trinajstić information content (AvgIpc) is 3.35. The van der Waals surface area contributed by atoms with Gasteiger partial charge >= 0.3 is 23.9 Å². The first-order valence-electron chi connectivity index (χ1n) is 21.0. The van der Waals surface area contributed by atoms with E-state index in [4.69, 9.17) is 87.6 Å². The lowest BCUT2D eigenvalue weighted by Gasteiger charge is -2.50. The Labute approximate surface area is 399 Å². The second-order valence-corrected chi connectivity index (χ2v) is 17.7. The van der Waals surface area contributed by atoms with Gasteiger partial charge < -0.3 is 47.4 Å². The summed E-state index contributed by atoms with van der Waals surface area (Å²) in [5, 5.41) is 8.51. The molecule has 1 N–H and O–H groups in total. The number of hydrogen-bond donors (Lipinski definition) is 1. The highest BCUT2D eigenvalue weighted by Crippen LogP contribution is 2.41. The third-order valence-corrected chi connectivity index (χ3v) is 11.4. The quantitative estimate of drug-likeness (QED) is 0.0415. The van der Waals surface area contributed by atoms with Gasteiger partial charge in [-0.25, -0.2) is 19.2 Å². The Kier molecular flexibility index (Phi) is 15.2. The van der Waals surface area contributed by atoms with Crippen LogP contribution in [-0.2, 0) is 47.4 Å². The van der Waals surface area contributed by atoms with Crippen molar-refractivity contribution < 1.29 is 66.5 Å². The van der Waals surface area contributed by atoms with Gasteiger partial charge in [0.05, 0.1) is 35.0 Å². The molecule has 348 valence electrons. The molecule has 5 aromatic rings. The van der Waals surface area contributed by atoms with Crippen molar-refractivity contribution >= 4 is 64.6 Å². The number of esters is 4. The molecule has 5 aromatic carbocycles. The summed E-state index contributed by atoms with van der Waals surface area (Å²) in [6, 6.07) is 41.0. The standard InChI is InChI=1S/C49H42Cl3NO14/c1-28-35(61-41(54)29-17-7-2-8-18-29)37(62-42(55)30-19-9-3-10-20-30)39(63-43(56)31-21-11-4-12-22-31)46(59-28)66-38-36-34(27-58-45(65-36)33-25-15-6-16-26-33)60-47(67-48(53)49(50,51)52)40(38)64-44(57)32-23-13-5-14-24-32/h2-26,28,34-40,45-47,53H,27H2,1H3/t28-,34+,35-,36+,37+,38-,39+,40+,45+,46-,47?/m0/s1. The van der Waals surface area contributed by atoms with Crippen molar-refractivity contribution in [1.82, 2.24) is 0 Å². The Morgan fingerprint density at radius 1 is 0.507 bits per heavy atom. The predicted molar refractivity (Wildman–Crippen MR) is 240 cm³/mol. The molecule has 18 heteroatoms.